The Labute approximate surface area is 124 Å². The molecule has 3 nitrogen and oxygen atoms in total. The normalized spacial score (nSPS) is 11.9. The van der Waals surface area contributed by atoms with Crippen molar-refractivity contribution in [1.82, 2.24) is 0 Å². The molecule has 2 aromatic rings. The van der Waals surface area contributed by atoms with Gasteiger partial charge in [0.25, 0.3) is 0 Å². The van der Waals surface area contributed by atoms with Gasteiger partial charge in [0.15, 0.2) is 6.04 Å². The molecule has 0 radical (unpaired) electrons. The predicted octanol–water partition coefficient (Wildman–Crippen LogP) is 4.37. The predicted molar refractivity (Wildman–Crippen MR) is 76.9 cm³/mol. The van der Waals surface area contributed by atoms with Gasteiger partial charge in [-0.2, -0.15) is 0 Å². The van der Waals surface area contributed by atoms with Gasteiger partial charge in [-0.25, -0.2) is 9.18 Å². The molecule has 2 N–H and O–H groups in total. The van der Waals surface area contributed by atoms with Crippen molar-refractivity contribution >= 4 is 34.9 Å². The zero-order chi connectivity index (χ0) is 14.7. The first-order chi connectivity index (χ1) is 9.49. The van der Waals surface area contributed by atoms with Crippen LogP contribution >= 0.6 is 23.2 Å². The van der Waals surface area contributed by atoms with E-state index in [9.17, 15) is 14.3 Å². The highest BCUT2D eigenvalue weighted by Gasteiger charge is 2.23. The highest BCUT2D eigenvalue weighted by atomic mass is 35.5. The average Bonchev–Trinajstić information content (AvgIpc) is 2.39. The number of hydrogen-bond acceptors (Lipinski definition) is 2. The van der Waals surface area contributed by atoms with Gasteiger partial charge >= 0.3 is 5.97 Å². The zero-order valence-electron chi connectivity index (χ0n) is 10.1. The van der Waals surface area contributed by atoms with E-state index >= 15 is 0 Å². The van der Waals surface area contributed by atoms with Crippen molar-refractivity contribution in [2.45, 2.75) is 6.04 Å². The summed E-state index contributed by atoms with van der Waals surface area (Å²) in [6.45, 7) is 0. The van der Waals surface area contributed by atoms with E-state index in [1.165, 1.54) is 18.2 Å². The standard InChI is InChI=1S/C14H10Cl2FNO2/c15-11-6-2-5-10(12(11)16)13(14(19)20)18-9-4-1-3-8(17)7-9/h1-7,13,18H,(H,19,20). The highest BCUT2D eigenvalue weighted by molar-refractivity contribution is 6.42. The van der Waals surface area contributed by atoms with E-state index in [4.69, 9.17) is 23.2 Å². The van der Waals surface area contributed by atoms with E-state index in [-0.39, 0.29) is 10.0 Å². The van der Waals surface area contributed by atoms with E-state index in [2.05, 4.69) is 5.32 Å². The van der Waals surface area contributed by atoms with Crippen LogP contribution in [0.25, 0.3) is 0 Å². The number of carboxylic acids is 1. The summed E-state index contributed by atoms with van der Waals surface area (Å²) in [5.74, 6) is -1.60. The van der Waals surface area contributed by atoms with Crippen molar-refractivity contribution in [2.24, 2.45) is 0 Å². The zero-order valence-corrected chi connectivity index (χ0v) is 11.6. The van der Waals surface area contributed by atoms with E-state index in [0.29, 0.717) is 11.3 Å². The molecule has 20 heavy (non-hydrogen) atoms. The SMILES string of the molecule is O=C(O)C(Nc1cccc(F)c1)c1cccc(Cl)c1Cl. The molecule has 6 heteroatoms. The van der Waals surface area contributed by atoms with Crippen LogP contribution in [0.4, 0.5) is 10.1 Å². The second kappa shape index (κ2) is 6.11. The van der Waals surface area contributed by atoms with Crippen LogP contribution in [-0.4, -0.2) is 11.1 Å². The molecule has 0 aliphatic carbocycles. The van der Waals surface area contributed by atoms with Crippen molar-refractivity contribution in [3.05, 3.63) is 63.9 Å². The average molecular weight is 314 g/mol. The third kappa shape index (κ3) is 3.21. The first-order valence-corrected chi connectivity index (χ1v) is 6.43. The van der Waals surface area contributed by atoms with Crippen LogP contribution in [0.15, 0.2) is 42.5 Å². The number of halogens is 3. The smallest absolute Gasteiger partial charge is 0.330 e. The number of carbonyl (C=O) groups is 1. The summed E-state index contributed by atoms with van der Waals surface area (Å²) in [5.41, 5.74) is 0.657. The molecule has 0 heterocycles. The van der Waals surface area contributed by atoms with Crippen molar-refractivity contribution in [3.63, 3.8) is 0 Å². The molecule has 0 aromatic heterocycles. The lowest BCUT2D eigenvalue weighted by Gasteiger charge is -2.18. The van der Waals surface area contributed by atoms with Gasteiger partial charge in [0.05, 0.1) is 10.0 Å². The highest BCUT2D eigenvalue weighted by Crippen LogP contribution is 2.32. The summed E-state index contributed by atoms with van der Waals surface area (Å²) in [7, 11) is 0. The molecule has 0 saturated carbocycles. The second-order valence-corrected chi connectivity index (χ2v) is 4.85. The first kappa shape index (κ1) is 14.6. The van der Waals surface area contributed by atoms with Gasteiger partial charge < -0.3 is 10.4 Å². The van der Waals surface area contributed by atoms with Crippen molar-refractivity contribution < 1.29 is 14.3 Å². The Hall–Kier alpha value is -1.78. The molecule has 2 rings (SSSR count). The van der Waals surface area contributed by atoms with Crippen molar-refractivity contribution in [1.29, 1.82) is 0 Å². The van der Waals surface area contributed by atoms with E-state index in [0.717, 1.165) is 0 Å². The van der Waals surface area contributed by atoms with Crippen molar-refractivity contribution in [3.8, 4) is 0 Å². The van der Waals surface area contributed by atoms with Crippen LogP contribution in [-0.2, 0) is 4.79 Å². The maximum atomic E-state index is 13.1. The van der Waals surface area contributed by atoms with Crippen LogP contribution in [0.1, 0.15) is 11.6 Å². The number of anilines is 1. The Morgan fingerprint density at radius 3 is 2.55 bits per heavy atom. The summed E-state index contributed by atoms with van der Waals surface area (Å²) in [5, 5.41) is 12.5. The number of rotatable bonds is 4. The summed E-state index contributed by atoms with van der Waals surface area (Å²) in [4.78, 5) is 11.4. The van der Waals surface area contributed by atoms with Crippen LogP contribution in [0.5, 0.6) is 0 Å². The Balaban J connectivity index is 2.37. The topological polar surface area (TPSA) is 49.3 Å². The van der Waals surface area contributed by atoms with Gasteiger partial charge in [0, 0.05) is 11.3 Å². The Kier molecular flexibility index (Phi) is 4.47. The molecule has 0 aliphatic rings. The fourth-order valence-electron chi connectivity index (χ4n) is 1.76. The van der Waals surface area contributed by atoms with Crippen LogP contribution in [0.3, 0.4) is 0 Å². The maximum Gasteiger partial charge on any atom is 0.330 e. The van der Waals surface area contributed by atoms with Gasteiger partial charge in [-0.05, 0) is 24.3 Å². The van der Waals surface area contributed by atoms with Gasteiger partial charge in [0.2, 0.25) is 0 Å². The minimum absolute atomic E-state index is 0.158. The van der Waals surface area contributed by atoms with E-state index < -0.39 is 17.8 Å². The Morgan fingerprint density at radius 2 is 1.90 bits per heavy atom. The third-order valence-corrected chi connectivity index (χ3v) is 3.51. The monoisotopic (exact) mass is 313 g/mol. The minimum atomic E-state index is -1.14. The molecular formula is C14H10Cl2FNO2. The molecule has 1 atom stereocenters. The summed E-state index contributed by atoms with van der Waals surface area (Å²) in [6, 6.07) is 9.12. The summed E-state index contributed by atoms with van der Waals surface area (Å²) in [6.07, 6.45) is 0. The number of hydrogen-bond donors (Lipinski definition) is 2. The second-order valence-electron chi connectivity index (χ2n) is 4.07. The number of benzene rings is 2. The maximum absolute atomic E-state index is 13.1. The van der Waals surface area contributed by atoms with Crippen molar-refractivity contribution in [2.75, 3.05) is 5.32 Å². The fraction of sp³-hybridized carbons (Fsp3) is 0.0714. The number of nitrogens with one attached hydrogen (secondary N) is 1. The molecular weight excluding hydrogens is 304 g/mol. The lowest BCUT2D eigenvalue weighted by atomic mass is 10.1. The van der Waals surface area contributed by atoms with E-state index in [1.807, 2.05) is 0 Å². The Bertz CT molecular complexity index is 649. The number of aliphatic carboxylic acids is 1. The molecule has 2 aromatic carbocycles. The fourth-order valence-corrected chi connectivity index (χ4v) is 2.18. The van der Waals surface area contributed by atoms with Gasteiger partial charge in [-0.1, -0.05) is 41.4 Å². The third-order valence-electron chi connectivity index (χ3n) is 2.68. The molecule has 0 saturated heterocycles. The lowest BCUT2D eigenvalue weighted by Crippen LogP contribution is -2.21. The van der Waals surface area contributed by atoms with Gasteiger partial charge in [0.1, 0.15) is 5.82 Å². The number of carboxylic acid groups (broad SMARTS) is 1. The molecule has 0 aliphatic heterocycles. The molecule has 0 spiro atoms. The minimum Gasteiger partial charge on any atom is -0.479 e. The molecule has 0 amide bonds. The molecule has 0 fully saturated rings. The molecule has 1 unspecified atom stereocenters. The summed E-state index contributed by atoms with van der Waals surface area (Å²) < 4.78 is 13.1. The molecule has 0 bridgehead atoms. The van der Waals surface area contributed by atoms with Gasteiger partial charge in [-0.15, -0.1) is 0 Å². The first-order valence-electron chi connectivity index (χ1n) is 5.68. The lowest BCUT2D eigenvalue weighted by molar-refractivity contribution is -0.138. The Morgan fingerprint density at radius 1 is 1.20 bits per heavy atom. The largest absolute Gasteiger partial charge is 0.479 e. The summed E-state index contributed by atoms with van der Waals surface area (Å²) >= 11 is 11.9. The van der Waals surface area contributed by atoms with Crippen LogP contribution in [0, 0.1) is 5.82 Å². The van der Waals surface area contributed by atoms with E-state index in [1.54, 1.807) is 24.3 Å². The van der Waals surface area contributed by atoms with Crippen LogP contribution < -0.4 is 5.32 Å². The quantitative estimate of drug-likeness (QED) is 0.881. The van der Waals surface area contributed by atoms with Crippen LogP contribution in [0.2, 0.25) is 10.0 Å². The molecule has 104 valence electrons. The van der Waals surface area contributed by atoms with Gasteiger partial charge in [-0.3, -0.25) is 0 Å².